The number of amides is 3. The average molecular weight is 894 g/mol. The zero-order valence-corrected chi connectivity index (χ0v) is 36.8. The first-order chi connectivity index (χ1) is 31.5. The topological polar surface area (TPSA) is 177 Å². The van der Waals surface area contributed by atoms with E-state index in [1.165, 1.54) is 38.1 Å². The van der Waals surface area contributed by atoms with E-state index in [-0.39, 0.29) is 41.3 Å². The Morgan fingerprint density at radius 1 is 0.954 bits per heavy atom. The number of nitrogens with one attached hydrogen (secondary N) is 3. The number of imide groups is 1. The minimum atomic E-state index is -2.86. The summed E-state index contributed by atoms with van der Waals surface area (Å²) >= 11 is 0. The van der Waals surface area contributed by atoms with Gasteiger partial charge in [0.05, 0.1) is 22.8 Å². The standard InChI is InChI=1S/C47H57F2N11O5/c1-56-41-32(3-2-4-36(41)60(46(56)64)37-11-12-39(61)54-44(37)63)26-58-21-16-47(17-22-58)14-19-57(20-15-47)25-30-7-9-33(10-8-30)59-27-34(40(55-59)42(48)49)52-43(62)35-28-65-45(53-35)31-13-18-50-38(23-31)51-24-29-5-6-29/h2-4,13,18,23,27-30,33,37,42H,5-12,14-17,19-22,24-26H2,1H3,(H,50,51)(H,52,62)(H,54,61,63). The zero-order chi connectivity index (χ0) is 44.8. The summed E-state index contributed by atoms with van der Waals surface area (Å²) in [5.74, 6) is 0.755. The lowest BCUT2D eigenvalue weighted by molar-refractivity contribution is -0.135. The number of alkyl halides is 2. The molecule has 16 nitrogen and oxygen atoms in total. The Morgan fingerprint density at radius 2 is 1.69 bits per heavy atom. The second kappa shape index (κ2) is 17.9. The number of halogens is 2. The molecule has 3 N–H and O–H groups in total. The molecule has 344 valence electrons. The molecule has 5 aliphatic rings. The molecular weight excluding hydrogens is 837 g/mol. The maximum Gasteiger partial charge on any atom is 0.329 e. The van der Waals surface area contributed by atoms with Gasteiger partial charge in [-0.25, -0.2) is 23.5 Å². The van der Waals surface area contributed by atoms with Crippen molar-refractivity contribution in [3.8, 4) is 11.5 Å². The molecule has 0 bridgehead atoms. The first kappa shape index (κ1) is 43.2. The van der Waals surface area contributed by atoms with Gasteiger partial charge in [0.1, 0.15) is 18.1 Å². The fourth-order valence-electron chi connectivity index (χ4n) is 10.7. The number of likely N-dealkylation sites (tertiary alicyclic amines) is 2. The summed E-state index contributed by atoms with van der Waals surface area (Å²) in [5.41, 5.74) is 2.87. The minimum absolute atomic E-state index is 0.0200. The van der Waals surface area contributed by atoms with E-state index in [1.54, 1.807) is 33.1 Å². The fraction of sp³-hybridized carbons (Fsp3) is 0.553. The number of nitrogens with zero attached hydrogens (tertiary/aromatic N) is 8. The number of rotatable bonds is 13. The summed E-state index contributed by atoms with van der Waals surface area (Å²) in [6, 6.07) is 8.74. The van der Waals surface area contributed by atoms with Crippen molar-refractivity contribution >= 4 is 40.3 Å². The predicted molar refractivity (Wildman–Crippen MR) is 238 cm³/mol. The van der Waals surface area contributed by atoms with Crippen LogP contribution in [0, 0.1) is 17.3 Å². The quantitative estimate of drug-likeness (QED) is 0.107. The lowest BCUT2D eigenvalue weighted by atomic mass is 9.71. The monoisotopic (exact) mass is 893 g/mol. The zero-order valence-electron chi connectivity index (χ0n) is 36.8. The molecule has 2 saturated carbocycles. The Balaban J connectivity index is 0.690. The van der Waals surface area contributed by atoms with E-state index in [4.69, 9.17) is 4.42 Å². The number of hydrogen-bond donors (Lipinski definition) is 3. The number of carbonyl (C=O) groups is 3. The highest BCUT2D eigenvalue weighted by Crippen LogP contribution is 2.43. The van der Waals surface area contributed by atoms with E-state index in [1.807, 2.05) is 18.2 Å². The van der Waals surface area contributed by atoms with Crippen molar-refractivity contribution in [3.05, 3.63) is 76.4 Å². The molecule has 1 spiro atoms. The van der Waals surface area contributed by atoms with Gasteiger partial charge in [-0.05, 0) is 138 Å². The smallest absolute Gasteiger partial charge is 0.329 e. The Bertz CT molecular complexity index is 2620. The van der Waals surface area contributed by atoms with Crippen LogP contribution in [0.15, 0.2) is 58.2 Å². The van der Waals surface area contributed by atoms with E-state index in [2.05, 4.69) is 46.9 Å². The average Bonchev–Trinajstić information content (AvgIpc) is 3.71. The molecule has 1 unspecified atom stereocenters. The van der Waals surface area contributed by atoms with Gasteiger partial charge < -0.3 is 20.0 Å². The normalized spacial score (nSPS) is 23.0. The molecule has 3 amide bonds. The van der Waals surface area contributed by atoms with Gasteiger partial charge in [0.2, 0.25) is 17.7 Å². The highest BCUT2D eigenvalue weighted by molar-refractivity contribution is 6.03. The Hall–Kier alpha value is -5.75. The van der Waals surface area contributed by atoms with Crippen LogP contribution in [0.2, 0.25) is 0 Å². The lowest BCUT2D eigenvalue weighted by Gasteiger charge is -2.47. The van der Waals surface area contributed by atoms with E-state index in [0.29, 0.717) is 35.1 Å². The molecule has 1 aromatic carbocycles. The van der Waals surface area contributed by atoms with Crippen molar-refractivity contribution in [2.24, 2.45) is 24.3 Å². The summed E-state index contributed by atoms with van der Waals surface area (Å²) < 4.78 is 38.9. The highest BCUT2D eigenvalue weighted by Gasteiger charge is 2.39. The van der Waals surface area contributed by atoms with Gasteiger partial charge in [-0.15, -0.1) is 0 Å². The number of imidazole rings is 1. The largest absolute Gasteiger partial charge is 0.444 e. The van der Waals surface area contributed by atoms with Crippen LogP contribution in [0.25, 0.3) is 22.5 Å². The van der Waals surface area contributed by atoms with Crippen LogP contribution in [-0.2, 0) is 23.2 Å². The second-order valence-electron chi connectivity index (χ2n) is 19.2. The lowest BCUT2D eigenvalue weighted by Crippen LogP contribution is -2.47. The molecular formula is C47H57F2N11O5. The van der Waals surface area contributed by atoms with Crippen LogP contribution >= 0.6 is 0 Å². The number of carbonyl (C=O) groups excluding carboxylic acids is 3. The van der Waals surface area contributed by atoms with E-state index < -0.39 is 30.0 Å². The van der Waals surface area contributed by atoms with Crippen LogP contribution in [0.3, 0.4) is 0 Å². The molecule has 5 fully saturated rings. The first-order valence-corrected chi connectivity index (χ1v) is 23.3. The third-order valence-electron chi connectivity index (χ3n) is 14.9. The number of pyridine rings is 1. The molecule has 65 heavy (non-hydrogen) atoms. The van der Waals surface area contributed by atoms with Crippen LogP contribution in [-0.4, -0.2) is 95.7 Å². The number of oxazole rings is 1. The summed E-state index contributed by atoms with van der Waals surface area (Å²) in [6.45, 7) is 6.73. The molecule has 18 heteroatoms. The third-order valence-corrected chi connectivity index (χ3v) is 14.9. The molecule has 1 atom stereocenters. The maximum absolute atomic E-state index is 14.2. The molecule has 2 aliphatic carbocycles. The van der Waals surface area contributed by atoms with Crippen molar-refractivity contribution < 1.29 is 27.6 Å². The molecule has 0 radical (unpaired) electrons. The predicted octanol–water partition coefficient (Wildman–Crippen LogP) is 6.69. The van der Waals surface area contributed by atoms with E-state index >= 15 is 0 Å². The van der Waals surface area contributed by atoms with Crippen molar-refractivity contribution in [2.45, 2.75) is 102 Å². The number of anilines is 2. The second-order valence-corrected chi connectivity index (χ2v) is 19.2. The summed E-state index contributed by atoms with van der Waals surface area (Å²) in [5, 5.41) is 12.6. The number of aromatic nitrogens is 6. The van der Waals surface area contributed by atoms with E-state index in [0.717, 1.165) is 101 Å². The Kier molecular flexibility index (Phi) is 11.9. The van der Waals surface area contributed by atoms with Gasteiger partial charge in [0, 0.05) is 51.1 Å². The molecule has 5 aromatic rings. The Morgan fingerprint density at radius 3 is 2.42 bits per heavy atom. The Labute approximate surface area is 375 Å². The van der Waals surface area contributed by atoms with Gasteiger partial charge in [0.15, 0.2) is 11.4 Å². The fourth-order valence-corrected chi connectivity index (χ4v) is 10.7. The van der Waals surface area contributed by atoms with Crippen molar-refractivity contribution in [2.75, 3.05) is 49.9 Å². The van der Waals surface area contributed by atoms with E-state index in [9.17, 15) is 28.0 Å². The minimum Gasteiger partial charge on any atom is -0.444 e. The molecule has 3 saturated heterocycles. The van der Waals surface area contributed by atoms with Gasteiger partial charge in [-0.3, -0.25) is 38.4 Å². The summed E-state index contributed by atoms with van der Waals surface area (Å²) in [4.78, 5) is 65.0. The molecule has 7 heterocycles. The van der Waals surface area contributed by atoms with Gasteiger partial charge in [0.25, 0.3) is 12.3 Å². The first-order valence-electron chi connectivity index (χ1n) is 23.3. The SMILES string of the molecule is Cn1c(=O)n(C2CCC(=O)NC2=O)c2cccc(CN3CCC4(CC3)CCN(CC3CCC(n5cc(NC(=O)c6coc(-c7ccnc(NCC8CC8)c7)n6)c(C(F)F)n5)CC3)CC4)c21. The van der Waals surface area contributed by atoms with Crippen LogP contribution in [0.4, 0.5) is 20.3 Å². The van der Waals surface area contributed by atoms with Crippen LogP contribution < -0.4 is 21.6 Å². The number of hydrogen-bond acceptors (Lipinski definition) is 11. The van der Waals surface area contributed by atoms with Crippen LogP contribution in [0.1, 0.15) is 117 Å². The number of benzene rings is 1. The third kappa shape index (κ3) is 9.11. The van der Waals surface area contributed by atoms with Crippen molar-refractivity contribution in [1.29, 1.82) is 0 Å². The van der Waals surface area contributed by atoms with Gasteiger partial charge in [-0.2, -0.15) is 5.10 Å². The van der Waals surface area contributed by atoms with Gasteiger partial charge >= 0.3 is 5.69 Å². The van der Waals surface area contributed by atoms with Crippen molar-refractivity contribution in [3.63, 3.8) is 0 Å². The number of aryl methyl sites for hydroxylation is 1. The van der Waals surface area contributed by atoms with Gasteiger partial charge in [-0.1, -0.05) is 12.1 Å². The van der Waals surface area contributed by atoms with Crippen molar-refractivity contribution in [1.82, 2.24) is 44.0 Å². The highest BCUT2D eigenvalue weighted by atomic mass is 19.3. The molecule has 3 aliphatic heterocycles. The summed E-state index contributed by atoms with van der Waals surface area (Å²) in [6.07, 6.45) is 12.7. The molecule has 4 aromatic heterocycles. The maximum atomic E-state index is 14.2. The summed E-state index contributed by atoms with van der Waals surface area (Å²) in [7, 11) is 1.76. The van der Waals surface area contributed by atoms with Crippen LogP contribution in [0.5, 0.6) is 0 Å². The number of piperidine rings is 3. The molecule has 10 rings (SSSR count). The number of fused-ring (bicyclic) bond motifs is 1. The number of para-hydroxylation sites is 1.